The number of rotatable bonds is 6. The van der Waals surface area contributed by atoms with E-state index in [4.69, 9.17) is 4.98 Å². The third kappa shape index (κ3) is 6.38. The van der Waals surface area contributed by atoms with Crippen molar-refractivity contribution in [3.8, 4) is 33.0 Å². The fraction of sp³-hybridized carbons (Fsp3) is 0.152. The molecule has 8 nitrogen and oxygen atoms in total. The van der Waals surface area contributed by atoms with Crippen LogP contribution in [0.25, 0.3) is 44.0 Å². The molecule has 1 aliphatic rings. The van der Waals surface area contributed by atoms with Crippen LogP contribution >= 0.6 is 11.3 Å². The number of likely N-dealkylation sites (N-methyl/N-ethyl adjacent to an activating group) is 1. The van der Waals surface area contributed by atoms with Crippen LogP contribution in [0.1, 0.15) is 0 Å². The van der Waals surface area contributed by atoms with E-state index in [1.807, 2.05) is 54.9 Å². The highest BCUT2D eigenvalue weighted by atomic mass is 32.1. The molecule has 6 aromatic rings. The number of benzene rings is 3. The first-order chi connectivity index (χ1) is 20.7. The van der Waals surface area contributed by atoms with Gasteiger partial charge in [0.15, 0.2) is 0 Å². The molecule has 0 unspecified atom stereocenters. The molecule has 0 atom stereocenters. The molecule has 0 bridgehead atoms. The van der Waals surface area contributed by atoms with E-state index >= 15 is 0 Å². The van der Waals surface area contributed by atoms with Crippen LogP contribution in [0.2, 0.25) is 0 Å². The SMILES string of the molecule is CN1CCN(c2ncc(-c3nc4ccc(-c5cccs5)cc4[nH]3)cn2)CC1.O=CNc1ccc(-c2ccccc2)cc1. The zero-order valence-corrected chi connectivity index (χ0v) is 24.1. The van der Waals surface area contributed by atoms with Crippen LogP contribution in [0.4, 0.5) is 11.6 Å². The van der Waals surface area contributed by atoms with E-state index in [0.717, 1.165) is 65.8 Å². The molecule has 1 amide bonds. The first-order valence-electron chi connectivity index (χ1n) is 13.8. The van der Waals surface area contributed by atoms with Gasteiger partial charge in [0.25, 0.3) is 0 Å². The van der Waals surface area contributed by atoms with Crippen LogP contribution < -0.4 is 10.2 Å². The Kier molecular flexibility index (Phi) is 8.30. The normalized spacial score (nSPS) is 13.4. The molecule has 0 saturated carbocycles. The van der Waals surface area contributed by atoms with Gasteiger partial charge in [0.05, 0.1) is 16.6 Å². The average molecular weight is 574 g/mol. The summed E-state index contributed by atoms with van der Waals surface area (Å²) in [4.78, 5) is 33.3. The number of fused-ring (bicyclic) bond motifs is 1. The van der Waals surface area contributed by atoms with E-state index in [-0.39, 0.29) is 0 Å². The highest BCUT2D eigenvalue weighted by Gasteiger charge is 2.17. The molecule has 1 aliphatic heterocycles. The lowest BCUT2D eigenvalue weighted by atomic mass is 10.1. The molecule has 0 aliphatic carbocycles. The van der Waals surface area contributed by atoms with Gasteiger partial charge < -0.3 is 20.1 Å². The molecule has 3 aromatic carbocycles. The summed E-state index contributed by atoms with van der Waals surface area (Å²) in [6.45, 7) is 4.01. The van der Waals surface area contributed by atoms with E-state index in [2.05, 4.69) is 85.0 Å². The quantitative estimate of drug-likeness (QED) is 0.224. The number of anilines is 2. The number of nitrogens with zero attached hydrogens (tertiary/aromatic N) is 5. The minimum atomic E-state index is 0.678. The molecular formula is C33H31N7OS. The molecule has 1 fully saturated rings. The van der Waals surface area contributed by atoms with Crippen molar-refractivity contribution in [2.24, 2.45) is 0 Å². The summed E-state index contributed by atoms with van der Waals surface area (Å²) < 4.78 is 0. The van der Waals surface area contributed by atoms with Crippen molar-refractivity contribution in [3.63, 3.8) is 0 Å². The number of hydrogen-bond acceptors (Lipinski definition) is 7. The van der Waals surface area contributed by atoms with Gasteiger partial charge in [0, 0.05) is 49.1 Å². The van der Waals surface area contributed by atoms with Crippen LogP contribution in [0, 0.1) is 0 Å². The van der Waals surface area contributed by atoms with Crippen molar-refractivity contribution in [2.75, 3.05) is 43.4 Å². The largest absolute Gasteiger partial charge is 0.338 e. The molecule has 3 aromatic heterocycles. The number of H-pyrrole nitrogens is 1. The topological polar surface area (TPSA) is 90.0 Å². The number of hydrogen-bond donors (Lipinski definition) is 2. The first kappa shape index (κ1) is 27.3. The molecule has 2 N–H and O–H groups in total. The van der Waals surface area contributed by atoms with Crippen molar-refractivity contribution in [1.82, 2.24) is 24.8 Å². The first-order valence-corrected chi connectivity index (χ1v) is 14.7. The number of carbonyl (C=O) groups excluding carboxylic acids is 1. The Hall–Kier alpha value is -4.86. The second kappa shape index (κ2) is 12.8. The lowest BCUT2D eigenvalue weighted by Crippen LogP contribution is -2.45. The lowest BCUT2D eigenvalue weighted by molar-refractivity contribution is -0.105. The van der Waals surface area contributed by atoms with Crippen LogP contribution in [0.3, 0.4) is 0 Å². The summed E-state index contributed by atoms with van der Waals surface area (Å²) in [6, 6.07) is 28.4. The van der Waals surface area contributed by atoms with Crippen LogP contribution in [-0.4, -0.2) is 64.5 Å². The Morgan fingerprint density at radius 2 is 1.52 bits per heavy atom. The number of carbonyl (C=O) groups is 1. The molecule has 7 rings (SSSR count). The van der Waals surface area contributed by atoms with E-state index in [1.54, 1.807) is 11.3 Å². The Morgan fingerprint density at radius 3 is 2.21 bits per heavy atom. The van der Waals surface area contributed by atoms with Gasteiger partial charge in [-0.25, -0.2) is 15.0 Å². The smallest absolute Gasteiger partial charge is 0.225 e. The monoisotopic (exact) mass is 573 g/mol. The minimum absolute atomic E-state index is 0.678. The number of nitrogens with one attached hydrogen (secondary N) is 2. The van der Waals surface area contributed by atoms with Gasteiger partial charge in [-0.1, -0.05) is 54.6 Å². The highest BCUT2D eigenvalue weighted by Crippen LogP contribution is 2.29. The van der Waals surface area contributed by atoms with Gasteiger partial charge in [-0.15, -0.1) is 11.3 Å². The van der Waals surface area contributed by atoms with E-state index in [9.17, 15) is 4.79 Å². The predicted octanol–water partition coefficient (Wildman–Crippen LogP) is 6.42. The second-order valence-electron chi connectivity index (χ2n) is 10.1. The van der Waals surface area contributed by atoms with Crippen molar-refractivity contribution in [3.05, 3.63) is 103 Å². The Morgan fingerprint density at radius 1 is 0.810 bits per heavy atom. The summed E-state index contributed by atoms with van der Waals surface area (Å²) in [5.41, 5.74) is 7.22. The molecule has 210 valence electrons. The summed E-state index contributed by atoms with van der Waals surface area (Å²) in [5, 5.41) is 4.70. The van der Waals surface area contributed by atoms with Crippen LogP contribution in [-0.2, 0) is 4.79 Å². The summed E-state index contributed by atoms with van der Waals surface area (Å²) in [5.74, 6) is 1.60. The number of amides is 1. The summed E-state index contributed by atoms with van der Waals surface area (Å²) in [6.07, 6.45) is 4.40. The zero-order chi connectivity index (χ0) is 28.7. The number of thiophene rings is 1. The van der Waals surface area contributed by atoms with E-state index < -0.39 is 0 Å². The third-order valence-corrected chi connectivity index (χ3v) is 8.12. The van der Waals surface area contributed by atoms with Gasteiger partial charge in [-0.05, 0) is 59.4 Å². The second-order valence-corrected chi connectivity index (χ2v) is 11.0. The maximum Gasteiger partial charge on any atom is 0.225 e. The van der Waals surface area contributed by atoms with Crippen molar-refractivity contribution >= 4 is 40.4 Å². The molecule has 1 saturated heterocycles. The lowest BCUT2D eigenvalue weighted by Gasteiger charge is -2.32. The summed E-state index contributed by atoms with van der Waals surface area (Å²) in [7, 11) is 2.15. The highest BCUT2D eigenvalue weighted by molar-refractivity contribution is 7.13. The molecular weight excluding hydrogens is 542 g/mol. The average Bonchev–Trinajstić information content (AvgIpc) is 3.73. The van der Waals surface area contributed by atoms with Gasteiger partial charge in [0.1, 0.15) is 5.82 Å². The molecule has 0 spiro atoms. The molecule has 0 radical (unpaired) electrons. The third-order valence-electron chi connectivity index (χ3n) is 7.20. The van der Waals surface area contributed by atoms with Crippen LogP contribution in [0.5, 0.6) is 0 Å². The van der Waals surface area contributed by atoms with Gasteiger partial charge in [-0.2, -0.15) is 0 Å². The van der Waals surface area contributed by atoms with Gasteiger partial charge >= 0.3 is 0 Å². The maximum atomic E-state index is 10.2. The zero-order valence-electron chi connectivity index (χ0n) is 23.3. The Labute approximate surface area is 248 Å². The van der Waals surface area contributed by atoms with E-state index in [0.29, 0.717) is 6.41 Å². The molecule has 9 heteroatoms. The van der Waals surface area contributed by atoms with Gasteiger partial charge in [0.2, 0.25) is 12.4 Å². The summed E-state index contributed by atoms with van der Waals surface area (Å²) >= 11 is 1.74. The fourth-order valence-corrected chi connectivity index (χ4v) is 5.54. The van der Waals surface area contributed by atoms with Crippen LogP contribution in [0.15, 0.2) is 103 Å². The van der Waals surface area contributed by atoms with Crippen molar-refractivity contribution in [1.29, 1.82) is 0 Å². The maximum absolute atomic E-state index is 10.2. The molecule has 4 heterocycles. The number of aromatic nitrogens is 4. The van der Waals surface area contributed by atoms with Gasteiger partial charge in [-0.3, -0.25) is 4.79 Å². The van der Waals surface area contributed by atoms with Crippen molar-refractivity contribution in [2.45, 2.75) is 0 Å². The number of imidazole rings is 1. The van der Waals surface area contributed by atoms with E-state index in [1.165, 1.54) is 16.0 Å². The molecule has 42 heavy (non-hydrogen) atoms. The fourth-order valence-electron chi connectivity index (χ4n) is 4.81. The predicted molar refractivity (Wildman–Crippen MR) is 172 cm³/mol. The Balaban J connectivity index is 0.000000179. The number of aromatic amines is 1. The standard InChI is InChI=1S/C20H20N6S.C13H11NO/c1-25-6-8-26(9-7-25)20-21-12-15(13-22-20)19-23-16-5-4-14(11-17(16)24-19)18-3-2-10-27-18;15-10-14-13-8-6-12(7-9-13)11-4-2-1-3-5-11/h2-5,10-13H,6-9H2,1H3,(H,23,24);1-10H,(H,14,15). The van der Waals surface area contributed by atoms with Crippen molar-refractivity contribution < 1.29 is 4.79 Å². The number of piperazine rings is 1. The minimum Gasteiger partial charge on any atom is -0.338 e. The Bertz CT molecular complexity index is 1730.